The molecule has 2 rings (SSSR count). The lowest BCUT2D eigenvalue weighted by molar-refractivity contribution is 0.157. The molecule has 0 spiro atoms. The monoisotopic (exact) mass is 276 g/mol. The number of methoxy groups -OCH3 is 1. The van der Waals surface area contributed by atoms with Crippen LogP contribution in [-0.4, -0.2) is 38.2 Å². The van der Waals surface area contributed by atoms with Crippen LogP contribution in [0.4, 0.5) is 0 Å². The Hall–Kier alpha value is -1.06. The summed E-state index contributed by atoms with van der Waals surface area (Å²) < 4.78 is 5.58. The predicted molar refractivity (Wildman–Crippen MR) is 84.2 cm³/mol. The van der Waals surface area contributed by atoms with Gasteiger partial charge in [0.25, 0.3) is 0 Å². The SMILES string of the molecule is COc1ccccc1[C@H](CCC(C)C)N1CCNCC1. The van der Waals surface area contributed by atoms with Crippen molar-refractivity contribution >= 4 is 0 Å². The predicted octanol–water partition coefficient (Wildman–Crippen LogP) is 3.08. The number of benzene rings is 1. The van der Waals surface area contributed by atoms with Crippen molar-refractivity contribution in [2.45, 2.75) is 32.7 Å². The standard InChI is InChI=1S/C17H28N2O/c1-14(2)8-9-16(19-12-10-18-11-13-19)15-6-4-5-7-17(15)20-3/h4-7,14,16,18H,8-13H2,1-3H3/t16-/m0/s1. The second kappa shape index (κ2) is 7.65. The molecular formula is C17H28N2O. The molecule has 1 aromatic carbocycles. The Balaban J connectivity index is 2.19. The molecule has 0 bridgehead atoms. The molecule has 1 aromatic rings. The van der Waals surface area contributed by atoms with Crippen LogP contribution < -0.4 is 10.1 Å². The van der Waals surface area contributed by atoms with Crippen LogP contribution in [0.15, 0.2) is 24.3 Å². The third-order valence-electron chi connectivity index (χ3n) is 4.11. The van der Waals surface area contributed by atoms with Crippen molar-refractivity contribution in [3.05, 3.63) is 29.8 Å². The molecule has 1 N–H and O–H groups in total. The number of para-hydroxylation sites is 1. The van der Waals surface area contributed by atoms with E-state index in [1.807, 2.05) is 0 Å². The number of hydrogen-bond acceptors (Lipinski definition) is 3. The summed E-state index contributed by atoms with van der Waals surface area (Å²) in [7, 11) is 1.77. The number of ether oxygens (including phenoxy) is 1. The Morgan fingerprint density at radius 3 is 2.50 bits per heavy atom. The summed E-state index contributed by atoms with van der Waals surface area (Å²) >= 11 is 0. The van der Waals surface area contributed by atoms with Crippen molar-refractivity contribution in [1.82, 2.24) is 10.2 Å². The zero-order valence-electron chi connectivity index (χ0n) is 13.1. The first-order valence-corrected chi connectivity index (χ1v) is 7.80. The second-order valence-corrected chi connectivity index (χ2v) is 6.01. The van der Waals surface area contributed by atoms with Crippen LogP contribution in [0.3, 0.4) is 0 Å². The van der Waals surface area contributed by atoms with E-state index >= 15 is 0 Å². The van der Waals surface area contributed by atoms with Gasteiger partial charge in [-0.1, -0.05) is 32.0 Å². The Morgan fingerprint density at radius 2 is 1.85 bits per heavy atom. The molecule has 1 heterocycles. The first-order chi connectivity index (χ1) is 9.72. The van der Waals surface area contributed by atoms with Crippen LogP contribution in [0.2, 0.25) is 0 Å². The van der Waals surface area contributed by atoms with Crippen molar-refractivity contribution in [1.29, 1.82) is 0 Å². The van der Waals surface area contributed by atoms with Gasteiger partial charge >= 0.3 is 0 Å². The summed E-state index contributed by atoms with van der Waals surface area (Å²) in [5, 5.41) is 3.44. The first-order valence-electron chi connectivity index (χ1n) is 7.80. The molecule has 0 aliphatic carbocycles. The smallest absolute Gasteiger partial charge is 0.123 e. The maximum atomic E-state index is 5.58. The molecule has 1 fully saturated rings. The Kier molecular flexibility index (Phi) is 5.86. The van der Waals surface area contributed by atoms with E-state index in [0.29, 0.717) is 6.04 Å². The normalized spacial score (nSPS) is 18.2. The van der Waals surface area contributed by atoms with Crippen molar-refractivity contribution in [3.63, 3.8) is 0 Å². The number of hydrogen-bond donors (Lipinski definition) is 1. The van der Waals surface area contributed by atoms with E-state index in [2.05, 4.69) is 48.3 Å². The zero-order chi connectivity index (χ0) is 14.4. The minimum Gasteiger partial charge on any atom is -0.496 e. The maximum Gasteiger partial charge on any atom is 0.123 e. The van der Waals surface area contributed by atoms with Gasteiger partial charge < -0.3 is 10.1 Å². The van der Waals surface area contributed by atoms with Crippen molar-refractivity contribution in [2.24, 2.45) is 5.92 Å². The lowest BCUT2D eigenvalue weighted by Crippen LogP contribution is -2.45. The van der Waals surface area contributed by atoms with Gasteiger partial charge in [0.2, 0.25) is 0 Å². The summed E-state index contributed by atoms with van der Waals surface area (Å²) in [5.41, 5.74) is 1.34. The molecule has 3 heteroatoms. The van der Waals surface area contributed by atoms with Gasteiger partial charge in [0.05, 0.1) is 7.11 Å². The highest BCUT2D eigenvalue weighted by Gasteiger charge is 2.24. The number of piperazine rings is 1. The lowest BCUT2D eigenvalue weighted by Gasteiger charge is -2.36. The molecular weight excluding hydrogens is 248 g/mol. The zero-order valence-corrected chi connectivity index (χ0v) is 13.1. The molecule has 0 aromatic heterocycles. The van der Waals surface area contributed by atoms with Crippen LogP contribution in [0.25, 0.3) is 0 Å². The molecule has 0 unspecified atom stereocenters. The molecule has 0 saturated carbocycles. The van der Waals surface area contributed by atoms with E-state index in [9.17, 15) is 0 Å². The van der Waals surface area contributed by atoms with E-state index in [1.54, 1.807) is 7.11 Å². The third-order valence-corrected chi connectivity index (χ3v) is 4.11. The molecule has 1 atom stereocenters. The Morgan fingerprint density at radius 1 is 1.15 bits per heavy atom. The van der Waals surface area contributed by atoms with Crippen LogP contribution in [0.1, 0.15) is 38.3 Å². The molecule has 1 aliphatic heterocycles. The highest BCUT2D eigenvalue weighted by atomic mass is 16.5. The molecule has 3 nitrogen and oxygen atoms in total. The summed E-state index contributed by atoms with van der Waals surface area (Å²) in [6.45, 7) is 9.04. The second-order valence-electron chi connectivity index (χ2n) is 6.01. The maximum absolute atomic E-state index is 5.58. The van der Waals surface area contributed by atoms with Crippen LogP contribution in [0.5, 0.6) is 5.75 Å². The van der Waals surface area contributed by atoms with Gasteiger partial charge in [-0.2, -0.15) is 0 Å². The third kappa shape index (κ3) is 3.97. The van der Waals surface area contributed by atoms with Gasteiger partial charge in [0.15, 0.2) is 0 Å². The van der Waals surface area contributed by atoms with Crippen LogP contribution >= 0.6 is 0 Å². The molecule has 0 radical (unpaired) electrons. The van der Waals surface area contributed by atoms with Gasteiger partial charge in [0, 0.05) is 37.8 Å². The van der Waals surface area contributed by atoms with Gasteiger partial charge in [-0.05, 0) is 24.8 Å². The summed E-state index contributed by atoms with van der Waals surface area (Å²) in [4.78, 5) is 2.61. The van der Waals surface area contributed by atoms with Crippen LogP contribution in [-0.2, 0) is 0 Å². The fraction of sp³-hybridized carbons (Fsp3) is 0.647. The van der Waals surface area contributed by atoms with E-state index in [0.717, 1.165) is 37.8 Å². The summed E-state index contributed by atoms with van der Waals surface area (Å²) in [6, 6.07) is 8.98. The largest absolute Gasteiger partial charge is 0.496 e. The van der Waals surface area contributed by atoms with Gasteiger partial charge in [-0.25, -0.2) is 0 Å². The molecule has 20 heavy (non-hydrogen) atoms. The number of nitrogens with one attached hydrogen (secondary N) is 1. The summed E-state index contributed by atoms with van der Waals surface area (Å²) in [6.07, 6.45) is 2.46. The highest BCUT2D eigenvalue weighted by Crippen LogP contribution is 2.33. The molecule has 1 saturated heterocycles. The van der Waals surface area contributed by atoms with Crippen molar-refractivity contribution in [2.75, 3.05) is 33.3 Å². The van der Waals surface area contributed by atoms with E-state index < -0.39 is 0 Å². The van der Waals surface area contributed by atoms with E-state index in [-0.39, 0.29) is 0 Å². The topological polar surface area (TPSA) is 24.5 Å². The van der Waals surface area contributed by atoms with E-state index in [1.165, 1.54) is 18.4 Å². The van der Waals surface area contributed by atoms with Crippen molar-refractivity contribution in [3.8, 4) is 5.75 Å². The minimum absolute atomic E-state index is 0.482. The molecule has 0 amide bonds. The van der Waals surface area contributed by atoms with Gasteiger partial charge in [-0.15, -0.1) is 0 Å². The van der Waals surface area contributed by atoms with Gasteiger partial charge in [-0.3, -0.25) is 4.90 Å². The average molecular weight is 276 g/mol. The van der Waals surface area contributed by atoms with Crippen molar-refractivity contribution < 1.29 is 4.74 Å². The molecule has 112 valence electrons. The van der Waals surface area contributed by atoms with Gasteiger partial charge in [0.1, 0.15) is 5.75 Å². The van der Waals surface area contributed by atoms with Crippen LogP contribution in [0, 0.1) is 5.92 Å². The fourth-order valence-corrected chi connectivity index (χ4v) is 2.96. The highest BCUT2D eigenvalue weighted by molar-refractivity contribution is 5.36. The minimum atomic E-state index is 0.482. The fourth-order valence-electron chi connectivity index (χ4n) is 2.96. The molecule has 1 aliphatic rings. The Labute approximate surface area is 123 Å². The van der Waals surface area contributed by atoms with E-state index in [4.69, 9.17) is 4.74 Å². The first kappa shape index (κ1) is 15.3. The number of nitrogens with zero attached hydrogens (tertiary/aromatic N) is 1. The lowest BCUT2D eigenvalue weighted by atomic mass is 9.95. The quantitative estimate of drug-likeness (QED) is 0.864. The summed E-state index contributed by atoms with van der Waals surface area (Å²) in [5.74, 6) is 1.77. The number of rotatable bonds is 6. The Bertz CT molecular complexity index is 400. The average Bonchev–Trinajstić information content (AvgIpc) is 2.49.